The van der Waals surface area contributed by atoms with E-state index in [1.165, 1.54) is 12.8 Å². The second kappa shape index (κ2) is 2.85. The van der Waals surface area contributed by atoms with Crippen LogP contribution in [0.2, 0.25) is 0 Å². The second-order valence-electron chi connectivity index (χ2n) is 3.81. The Morgan fingerprint density at radius 1 is 1.50 bits per heavy atom. The molecule has 0 aliphatic carbocycles. The molecule has 68 valence electrons. The molecule has 12 heavy (non-hydrogen) atoms. The van der Waals surface area contributed by atoms with Gasteiger partial charge in [-0.25, -0.2) is 0 Å². The monoisotopic (exact) mass is 186 g/mol. The quantitative estimate of drug-likeness (QED) is 0.554. The van der Waals surface area contributed by atoms with E-state index in [2.05, 4.69) is 4.90 Å². The second-order valence-corrected chi connectivity index (χ2v) is 4.23. The van der Waals surface area contributed by atoms with E-state index in [1.807, 2.05) is 0 Å². The van der Waals surface area contributed by atoms with E-state index in [1.54, 1.807) is 0 Å². The summed E-state index contributed by atoms with van der Waals surface area (Å²) in [5, 5.41) is 0.541. The molecule has 2 fully saturated rings. The maximum atomic E-state index is 5.57. The summed E-state index contributed by atoms with van der Waals surface area (Å²) in [6, 6.07) is 0. The Morgan fingerprint density at radius 3 is 2.83 bits per heavy atom. The van der Waals surface area contributed by atoms with Crippen molar-refractivity contribution in [2.75, 3.05) is 26.3 Å². The van der Waals surface area contributed by atoms with Crippen LogP contribution in [0.15, 0.2) is 0 Å². The van der Waals surface area contributed by atoms with Gasteiger partial charge in [-0.15, -0.1) is 0 Å². The van der Waals surface area contributed by atoms with Crippen LogP contribution in [-0.4, -0.2) is 36.3 Å². The molecule has 2 aliphatic rings. The van der Waals surface area contributed by atoms with Gasteiger partial charge >= 0.3 is 0 Å². The van der Waals surface area contributed by atoms with Crippen LogP contribution in [-0.2, 0) is 4.74 Å². The zero-order chi connectivity index (χ0) is 8.60. The molecule has 3 nitrogen and oxygen atoms in total. The van der Waals surface area contributed by atoms with Crippen LogP contribution < -0.4 is 5.73 Å². The highest BCUT2D eigenvalue weighted by atomic mass is 32.1. The predicted molar refractivity (Wildman–Crippen MR) is 50.8 cm³/mol. The SMILES string of the molecule is NC(=S)N1CCC2(CCOC2)C1. The summed E-state index contributed by atoms with van der Waals surface area (Å²) in [7, 11) is 0. The first kappa shape index (κ1) is 8.26. The van der Waals surface area contributed by atoms with Crippen molar-refractivity contribution in [3.8, 4) is 0 Å². The topological polar surface area (TPSA) is 38.5 Å². The molecule has 2 saturated heterocycles. The number of rotatable bonds is 0. The molecule has 0 saturated carbocycles. The predicted octanol–water partition coefficient (Wildman–Crippen LogP) is 0.342. The Hall–Kier alpha value is -0.350. The number of hydrogen-bond acceptors (Lipinski definition) is 2. The molecule has 2 aliphatic heterocycles. The van der Waals surface area contributed by atoms with Crippen molar-refractivity contribution in [1.82, 2.24) is 4.90 Å². The minimum Gasteiger partial charge on any atom is -0.381 e. The highest BCUT2D eigenvalue weighted by Crippen LogP contribution is 2.37. The van der Waals surface area contributed by atoms with E-state index in [4.69, 9.17) is 22.7 Å². The maximum absolute atomic E-state index is 5.57. The maximum Gasteiger partial charge on any atom is 0.166 e. The van der Waals surface area contributed by atoms with Crippen molar-refractivity contribution in [3.05, 3.63) is 0 Å². The molecule has 0 radical (unpaired) electrons. The zero-order valence-electron chi connectivity index (χ0n) is 7.08. The van der Waals surface area contributed by atoms with Crippen LogP contribution in [0.25, 0.3) is 0 Å². The molecule has 0 amide bonds. The summed E-state index contributed by atoms with van der Waals surface area (Å²) in [6.07, 6.45) is 2.36. The Morgan fingerprint density at radius 2 is 2.33 bits per heavy atom. The molecule has 2 heterocycles. The fourth-order valence-corrected chi connectivity index (χ4v) is 2.25. The summed E-state index contributed by atoms with van der Waals surface area (Å²) in [5.41, 5.74) is 5.94. The van der Waals surface area contributed by atoms with E-state index >= 15 is 0 Å². The Balaban J connectivity index is 2.01. The number of nitrogens with zero attached hydrogens (tertiary/aromatic N) is 1. The van der Waals surface area contributed by atoms with Crippen LogP contribution in [0.4, 0.5) is 0 Å². The average molecular weight is 186 g/mol. The van der Waals surface area contributed by atoms with Gasteiger partial charge in [-0.3, -0.25) is 0 Å². The van der Waals surface area contributed by atoms with Crippen LogP contribution in [0, 0.1) is 5.41 Å². The van der Waals surface area contributed by atoms with E-state index < -0.39 is 0 Å². The third-order valence-corrected chi connectivity index (χ3v) is 3.19. The van der Waals surface area contributed by atoms with E-state index in [-0.39, 0.29) is 0 Å². The molecule has 1 atom stereocenters. The van der Waals surface area contributed by atoms with Gasteiger partial charge in [0.05, 0.1) is 6.61 Å². The van der Waals surface area contributed by atoms with E-state index in [0.29, 0.717) is 10.5 Å². The van der Waals surface area contributed by atoms with E-state index in [9.17, 15) is 0 Å². The lowest BCUT2D eigenvalue weighted by molar-refractivity contribution is 0.157. The minimum atomic E-state index is 0.378. The third-order valence-electron chi connectivity index (χ3n) is 2.93. The van der Waals surface area contributed by atoms with Gasteiger partial charge in [-0.2, -0.15) is 0 Å². The molecular formula is C8H14N2OS. The van der Waals surface area contributed by atoms with Gasteiger partial charge in [0.2, 0.25) is 0 Å². The van der Waals surface area contributed by atoms with Crippen molar-refractivity contribution in [3.63, 3.8) is 0 Å². The summed E-state index contributed by atoms with van der Waals surface area (Å²) in [4.78, 5) is 2.09. The number of likely N-dealkylation sites (tertiary alicyclic amines) is 1. The van der Waals surface area contributed by atoms with Gasteiger partial charge in [0.25, 0.3) is 0 Å². The van der Waals surface area contributed by atoms with Gasteiger partial charge in [0.1, 0.15) is 0 Å². The van der Waals surface area contributed by atoms with Crippen molar-refractivity contribution < 1.29 is 4.74 Å². The van der Waals surface area contributed by atoms with Gasteiger partial charge in [-0.05, 0) is 25.1 Å². The lowest BCUT2D eigenvalue weighted by Crippen LogP contribution is -2.35. The fourth-order valence-electron chi connectivity index (χ4n) is 2.09. The molecule has 0 aromatic carbocycles. The first-order valence-corrected chi connectivity index (χ1v) is 4.75. The summed E-state index contributed by atoms with van der Waals surface area (Å²) < 4.78 is 5.40. The smallest absolute Gasteiger partial charge is 0.166 e. The molecular weight excluding hydrogens is 172 g/mol. The number of nitrogens with two attached hydrogens (primary N) is 1. The number of hydrogen-bond donors (Lipinski definition) is 1. The summed E-state index contributed by atoms with van der Waals surface area (Å²) in [5.74, 6) is 0. The fraction of sp³-hybridized carbons (Fsp3) is 0.875. The number of ether oxygens (including phenoxy) is 1. The zero-order valence-corrected chi connectivity index (χ0v) is 7.90. The molecule has 2 N–H and O–H groups in total. The Bertz CT molecular complexity index is 201. The molecule has 0 bridgehead atoms. The standard InChI is InChI=1S/C8H14N2OS/c9-7(12)10-3-1-8(5-10)2-4-11-6-8/h1-6H2,(H2,9,12). The minimum absolute atomic E-state index is 0.378. The first-order valence-electron chi connectivity index (χ1n) is 4.34. The van der Waals surface area contributed by atoms with Crippen molar-refractivity contribution >= 4 is 17.3 Å². The Labute approximate surface area is 77.9 Å². The summed E-state index contributed by atoms with van der Waals surface area (Å²) in [6.45, 7) is 3.82. The molecule has 0 aromatic rings. The molecule has 1 spiro atoms. The molecule has 4 heteroatoms. The van der Waals surface area contributed by atoms with Crippen molar-refractivity contribution in [2.24, 2.45) is 11.1 Å². The molecule has 0 aromatic heterocycles. The molecule has 1 unspecified atom stereocenters. The van der Waals surface area contributed by atoms with E-state index in [0.717, 1.165) is 26.3 Å². The average Bonchev–Trinajstić information content (AvgIpc) is 2.62. The van der Waals surface area contributed by atoms with Gasteiger partial charge in [-0.1, -0.05) is 0 Å². The van der Waals surface area contributed by atoms with Crippen LogP contribution in [0.5, 0.6) is 0 Å². The lowest BCUT2D eigenvalue weighted by Gasteiger charge is -2.21. The lowest BCUT2D eigenvalue weighted by atomic mass is 9.87. The van der Waals surface area contributed by atoms with Crippen molar-refractivity contribution in [2.45, 2.75) is 12.8 Å². The highest BCUT2D eigenvalue weighted by molar-refractivity contribution is 7.80. The van der Waals surface area contributed by atoms with Crippen LogP contribution in [0.1, 0.15) is 12.8 Å². The van der Waals surface area contributed by atoms with Gasteiger partial charge in [0.15, 0.2) is 5.11 Å². The van der Waals surface area contributed by atoms with Gasteiger partial charge in [0, 0.05) is 25.1 Å². The van der Waals surface area contributed by atoms with Crippen molar-refractivity contribution in [1.29, 1.82) is 0 Å². The first-order chi connectivity index (χ1) is 5.72. The number of thiocarbonyl (C=S) groups is 1. The van der Waals surface area contributed by atoms with Crippen LogP contribution in [0.3, 0.4) is 0 Å². The van der Waals surface area contributed by atoms with Gasteiger partial charge < -0.3 is 15.4 Å². The van der Waals surface area contributed by atoms with Crippen LogP contribution >= 0.6 is 12.2 Å². The third kappa shape index (κ3) is 1.29. The largest absolute Gasteiger partial charge is 0.381 e. The Kier molecular flexibility index (Phi) is 1.96. The molecule has 2 rings (SSSR count). The highest BCUT2D eigenvalue weighted by Gasteiger charge is 2.41. The normalized spacial score (nSPS) is 34.8. The summed E-state index contributed by atoms with van der Waals surface area (Å²) >= 11 is 4.94.